The van der Waals surface area contributed by atoms with Gasteiger partial charge < -0.3 is 14.2 Å². The summed E-state index contributed by atoms with van der Waals surface area (Å²) in [4.78, 5) is 18.0. The van der Waals surface area contributed by atoms with E-state index in [0.717, 1.165) is 12.2 Å². The van der Waals surface area contributed by atoms with Gasteiger partial charge in [-0.25, -0.2) is 0 Å². The van der Waals surface area contributed by atoms with Crippen molar-refractivity contribution in [2.75, 3.05) is 26.8 Å². The molecule has 0 N–H and O–H groups in total. The maximum absolute atomic E-state index is 11.8. The molecule has 6 nitrogen and oxygen atoms in total. The van der Waals surface area contributed by atoms with E-state index in [9.17, 15) is 4.79 Å². The molecule has 1 saturated heterocycles. The number of carbonyl (C=O) groups is 1. The first-order valence-electron chi connectivity index (χ1n) is 6.72. The number of nitrogens with zero attached hydrogens (tertiary/aromatic N) is 3. The Morgan fingerprint density at radius 3 is 2.95 bits per heavy atom. The Morgan fingerprint density at radius 2 is 2.32 bits per heavy atom. The number of methoxy groups -OCH3 is 1. The van der Waals surface area contributed by atoms with Crippen molar-refractivity contribution in [3.05, 3.63) is 11.7 Å². The Labute approximate surface area is 113 Å². The Balaban J connectivity index is 2.01. The van der Waals surface area contributed by atoms with Crippen molar-refractivity contribution in [3.8, 4) is 0 Å². The summed E-state index contributed by atoms with van der Waals surface area (Å²) >= 11 is 0. The molecular formula is C13H21N3O3. The van der Waals surface area contributed by atoms with E-state index in [0.29, 0.717) is 32.0 Å². The van der Waals surface area contributed by atoms with Crippen LogP contribution in [-0.4, -0.2) is 47.8 Å². The molecule has 1 aliphatic heterocycles. The highest BCUT2D eigenvalue weighted by Crippen LogP contribution is 2.27. The molecule has 0 spiro atoms. The van der Waals surface area contributed by atoms with Gasteiger partial charge in [-0.3, -0.25) is 4.79 Å². The molecule has 1 aliphatic rings. The third kappa shape index (κ3) is 3.32. The molecule has 0 aromatic carbocycles. The first-order chi connectivity index (χ1) is 9.11. The van der Waals surface area contributed by atoms with Crippen molar-refractivity contribution < 1.29 is 14.1 Å². The highest BCUT2D eigenvalue weighted by atomic mass is 16.5. The van der Waals surface area contributed by atoms with Crippen LogP contribution in [0, 0.1) is 0 Å². The molecule has 2 heterocycles. The fraction of sp³-hybridized carbons (Fsp3) is 0.769. The zero-order valence-corrected chi connectivity index (χ0v) is 11.8. The Kier molecular flexibility index (Phi) is 4.52. The van der Waals surface area contributed by atoms with Gasteiger partial charge in [0.05, 0.1) is 12.5 Å². The van der Waals surface area contributed by atoms with Crippen LogP contribution in [0.25, 0.3) is 0 Å². The van der Waals surface area contributed by atoms with Crippen LogP contribution in [0.5, 0.6) is 0 Å². The zero-order chi connectivity index (χ0) is 13.8. The summed E-state index contributed by atoms with van der Waals surface area (Å²) in [7, 11) is 1.64. The predicted octanol–water partition coefficient (Wildman–Crippen LogP) is 1.55. The van der Waals surface area contributed by atoms with Gasteiger partial charge in [0.2, 0.25) is 11.8 Å². The largest absolute Gasteiger partial charge is 0.383 e. The van der Waals surface area contributed by atoms with Crippen LogP contribution < -0.4 is 0 Å². The summed E-state index contributed by atoms with van der Waals surface area (Å²) in [6.45, 7) is 5.88. The number of ether oxygens (including phenoxy) is 1. The molecule has 1 amide bonds. The summed E-state index contributed by atoms with van der Waals surface area (Å²) in [5.41, 5.74) is 0. The summed E-state index contributed by atoms with van der Waals surface area (Å²) in [5.74, 6) is 1.97. The number of hydrogen-bond acceptors (Lipinski definition) is 5. The van der Waals surface area contributed by atoms with Crippen molar-refractivity contribution in [1.29, 1.82) is 0 Å². The Morgan fingerprint density at radius 1 is 1.53 bits per heavy atom. The first kappa shape index (κ1) is 14.0. The van der Waals surface area contributed by atoms with E-state index in [1.807, 2.05) is 18.7 Å². The van der Waals surface area contributed by atoms with E-state index in [4.69, 9.17) is 9.26 Å². The number of carbonyl (C=O) groups excluding carboxylic acids is 1. The smallest absolute Gasteiger partial charge is 0.231 e. The molecule has 1 fully saturated rings. The fourth-order valence-electron chi connectivity index (χ4n) is 2.18. The number of rotatable bonds is 5. The molecule has 6 heteroatoms. The van der Waals surface area contributed by atoms with Gasteiger partial charge in [0.1, 0.15) is 0 Å². The summed E-state index contributed by atoms with van der Waals surface area (Å²) in [6.07, 6.45) is 1.32. The van der Waals surface area contributed by atoms with Gasteiger partial charge in [-0.2, -0.15) is 4.98 Å². The van der Waals surface area contributed by atoms with Crippen LogP contribution in [0.2, 0.25) is 0 Å². The molecule has 1 aromatic heterocycles. The van der Waals surface area contributed by atoms with Crippen molar-refractivity contribution in [3.63, 3.8) is 0 Å². The van der Waals surface area contributed by atoms with E-state index >= 15 is 0 Å². The Hall–Kier alpha value is -1.43. The first-order valence-corrected chi connectivity index (χ1v) is 6.72. The van der Waals surface area contributed by atoms with Gasteiger partial charge in [-0.15, -0.1) is 0 Å². The van der Waals surface area contributed by atoms with Gasteiger partial charge in [0, 0.05) is 32.5 Å². The number of piperidine rings is 1. The van der Waals surface area contributed by atoms with E-state index in [2.05, 4.69) is 10.1 Å². The van der Waals surface area contributed by atoms with E-state index < -0.39 is 0 Å². The molecule has 1 unspecified atom stereocenters. The standard InChI is InChI=1S/C13H21N3O3/c1-9(2)12-14-13(19-15-12)10-4-5-11(17)16(8-10)6-7-18-3/h9-10H,4-8H2,1-3H3. The monoisotopic (exact) mass is 267 g/mol. The van der Waals surface area contributed by atoms with Crippen LogP contribution in [0.3, 0.4) is 0 Å². The third-order valence-electron chi connectivity index (χ3n) is 3.39. The van der Waals surface area contributed by atoms with Crippen LogP contribution in [0.4, 0.5) is 0 Å². The van der Waals surface area contributed by atoms with Crippen molar-refractivity contribution in [2.24, 2.45) is 0 Å². The van der Waals surface area contributed by atoms with Crippen LogP contribution in [0.1, 0.15) is 50.2 Å². The van der Waals surface area contributed by atoms with E-state index in [-0.39, 0.29) is 17.7 Å². The number of hydrogen-bond donors (Lipinski definition) is 0. The van der Waals surface area contributed by atoms with Crippen molar-refractivity contribution >= 4 is 5.91 Å². The minimum Gasteiger partial charge on any atom is -0.383 e. The predicted molar refractivity (Wildman–Crippen MR) is 68.8 cm³/mol. The highest BCUT2D eigenvalue weighted by molar-refractivity contribution is 5.77. The molecule has 19 heavy (non-hydrogen) atoms. The van der Waals surface area contributed by atoms with E-state index in [1.165, 1.54) is 0 Å². The topological polar surface area (TPSA) is 68.5 Å². The molecule has 0 bridgehead atoms. The molecule has 1 atom stereocenters. The van der Waals surface area contributed by atoms with Crippen molar-refractivity contribution in [2.45, 2.75) is 38.5 Å². The van der Waals surface area contributed by atoms with Crippen LogP contribution >= 0.6 is 0 Å². The maximum Gasteiger partial charge on any atom is 0.231 e. The van der Waals surface area contributed by atoms with Crippen molar-refractivity contribution in [1.82, 2.24) is 15.0 Å². The normalized spacial score (nSPS) is 20.3. The maximum atomic E-state index is 11.8. The molecule has 0 radical (unpaired) electrons. The molecule has 0 saturated carbocycles. The number of amides is 1. The summed E-state index contributed by atoms with van der Waals surface area (Å²) in [5, 5.41) is 3.98. The van der Waals surface area contributed by atoms with Gasteiger partial charge in [-0.05, 0) is 6.42 Å². The molecular weight excluding hydrogens is 246 g/mol. The SMILES string of the molecule is COCCN1CC(c2nc(C(C)C)no2)CCC1=O. The number of aromatic nitrogens is 2. The van der Waals surface area contributed by atoms with Gasteiger partial charge in [-0.1, -0.05) is 19.0 Å². The van der Waals surface area contributed by atoms with Crippen LogP contribution in [-0.2, 0) is 9.53 Å². The minimum absolute atomic E-state index is 0.148. The highest BCUT2D eigenvalue weighted by Gasteiger charge is 2.30. The minimum atomic E-state index is 0.148. The zero-order valence-electron chi connectivity index (χ0n) is 11.8. The summed E-state index contributed by atoms with van der Waals surface area (Å²) < 4.78 is 10.3. The Bertz CT molecular complexity index is 431. The lowest BCUT2D eigenvalue weighted by Gasteiger charge is -2.30. The van der Waals surface area contributed by atoms with Crippen LogP contribution in [0.15, 0.2) is 4.52 Å². The third-order valence-corrected chi connectivity index (χ3v) is 3.39. The molecule has 106 valence electrons. The molecule has 1 aromatic rings. The average Bonchev–Trinajstić information content (AvgIpc) is 2.87. The fourth-order valence-corrected chi connectivity index (χ4v) is 2.18. The summed E-state index contributed by atoms with van der Waals surface area (Å²) in [6, 6.07) is 0. The molecule has 0 aliphatic carbocycles. The number of likely N-dealkylation sites (tertiary alicyclic amines) is 1. The van der Waals surface area contributed by atoms with Gasteiger partial charge >= 0.3 is 0 Å². The quantitative estimate of drug-likeness (QED) is 0.809. The average molecular weight is 267 g/mol. The second kappa shape index (κ2) is 6.14. The van der Waals surface area contributed by atoms with E-state index in [1.54, 1.807) is 7.11 Å². The second-order valence-electron chi connectivity index (χ2n) is 5.21. The van der Waals surface area contributed by atoms with Gasteiger partial charge in [0.25, 0.3) is 0 Å². The lowest BCUT2D eigenvalue weighted by Crippen LogP contribution is -2.41. The molecule has 2 rings (SSSR count). The second-order valence-corrected chi connectivity index (χ2v) is 5.21. The lowest BCUT2D eigenvalue weighted by molar-refractivity contribution is -0.134. The lowest BCUT2D eigenvalue weighted by atomic mass is 9.97. The van der Waals surface area contributed by atoms with Gasteiger partial charge in [0.15, 0.2) is 5.82 Å².